The van der Waals surface area contributed by atoms with Gasteiger partial charge >= 0.3 is 0 Å². The summed E-state index contributed by atoms with van der Waals surface area (Å²) in [5, 5.41) is 3.33. The van der Waals surface area contributed by atoms with E-state index in [9.17, 15) is 8.42 Å². The smallest absolute Gasteiger partial charge is 0.214 e. The number of hydrogen-bond acceptors (Lipinski definition) is 3. The largest absolute Gasteiger partial charge is 0.311 e. The van der Waals surface area contributed by atoms with E-state index in [4.69, 9.17) is 0 Å². The van der Waals surface area contributed by atoms with Gasteiger partial charge in [-0.1, -0.05) is 19.3 Å². The third kappa shape index (κ3) is 3.25. The zero-order valence-electron chi connectivity index (χ0n) is 11.6. The Morgan fingerprint density at radius 2 is 1.83 bits per heavy atom. The van der Waals surface area contributed by atoms with E-state index in [-0.39, 0.29) is 12.1 Å². The molecule has 2 atom stereocenters. The van der Waals surface area contributed by atoms with Crippen molar-refractivity contribution in [2.75, 3.05) is 18.8 Å². The Hall–Kier alpha value is -0.130. The molecular weight excluding hydrogens is 248 g/mol. The average Bonchev–Trinajstić information content (AvgIpc) is 2.33. The molecule has 0 spiro atoms. The van der Waals surface area contributed by atoms with Crippen molar-refractivity contribution in [1.82, 2.24) is 9.62 Å². The second-order valence-electron chi connectivity index (χ2n) is 5.88. The van der Waals surface area contributed by atoms with Gasteiger partial charge in [0.15, 0.2) is 0 Å². The monoisotopic (exact) mass is 274 g/mol. The molecule has 0 amide bonds. The highest BCUT2D eigenvalue weighted by atomic mass is 32.2. The molecule has 1 aliphatic carbocycles. The molecule has 0 aromatic rings. The molecule has 2 rings (SSSR count). The highest BCUT2D eigenvalue weighted by Crippen LogP contribution is 2.26. The van der Waals surface area contributed by atoms with Gasteiger partial charge in [0.1, 0.15) is 0 Å². The number of sulfonamides is 1. The molecule has 0 radical (unpaired) electrons. The minimum absolute atomic E-state index is 0.0762. The Bertz CT molecular complexity index is 363. The van der Waals surface area contributed by atoms with Gasteiger partial charge in [-0.05, 0) is 32.6 Å². The van der Waals surface area contributed by atoms with Gasteiger partial charge in [-0.15, -0.1) is 0 Å². The molecular formula is C13H26N2O2S. The van der Waals surface area contributed by atoms with Crippen molar-refractivity contribution in [3.63, 3.8) is 0 Å². The molecule has 4 nitrogen and oxygen atoms in total. The van der Waals surface area contributed by atoms with Gasteiger partial charge in [0.2, 0.25) is 10.0 Å². The second-order valence-corrected chi connectivity index (χ2v) is 7.84. The van der Waals surface area contributed by atoms with Crippen LogP contribution < -0.4 is 5.32 Å². The van der Waals surface area contributed by atoms with Crippen LogP contribution in [0.25, 0.3) is 0 Å². The van der Waals surface area contributed by atoms with Crippen LogP contribution in [0.15, 0.2) is 0 Å². The van der Waals surface area contributed by atoms with Gasteiger partial charge in [-0.3, -0.25) is 0 Å². The van der Waals surface area contributed by atoms with Crippen molar-refractivity contribution in [3.05, 3.63) is 0 Å². The molecule has 2 unspecified atom stereocenters. The number of rotatable bonds is 3. The fourth-order valence-electron chi connectivity index (χ4n) is 3.17. The first-order valence-corrected chi connectivity index (χ1v) is 8.84. The predicted molar refractivity (Wildman–Crippen MR) is 74.0 cm³/mol. The summed E-state index contributed by atoms with van der Waals surface area (Å²) in [5.41, 5.74) is 0. The summed E-state index contributed by atoms with van der Waals surface area (Å²) in [6.07, 6.45) is 5.86. The topological polar surface area (TPSA) is 49.4 Å². The van der Waals surface area contributed by atoms with Crippen molar-refractivity contribution >= 4 is 10.0 Å². The van der Waals surface area contributed by atoms with E-state index in [0.29, 0.717) is 18.2 Å². The zero-order chi connectivity index (χ0) is 13.2. The summed E-state index contributed by atoms with van der Waals surface area (Å²) in [6, 6.07) is 0.326. The SMILES string of the molecule is CC1NCCN(S(=O)(=O)CC2CCCCC2)C1C. The number of piperazine rings is 1. The highest BCUT2D eigenvalue weighted by Gasteiger charge is 2.34. The van der Waals surface area contributed by atoms with Crippen LogP contribution in [0.3, 0.4) is 0 Å². The minimum Gasteiger partial charge on any atom is -0.311 e. The first-order chi connectivity index (χ1) is 8.50. The molecule has 0 aromatic heterocycles. The van der Waals surface area contributed by atoms with Gasteiger partial charge in [-0.25, -0.2) is 8.42 Å². The van der Waals surface area contributed by atoms with Gasteiger partial charge in [0.25, 0.3) is 0 Å². The van der Waals surface area contributed by atoms with Crippen LogP contribution in [-0.4, -0.2) is 43.6 Å². The van der Waals surface area contributed by atoms with Crippen LogP contribution in [0.2, 0.25) is 0 Å². The number of nitrogens with one attached hydrogen (secondary N) is 1. The van der Waals surface area contributed by atoms with Crippen LogP contribution in [0.1, 0.15) is 46.0 Å². The van der Waals surface area contributed by atoms with Crippen molar-refractivity contribution in [3.8, 4) is 0 Å². The summed E-state index contributed by atoms with van der Waals surface area (Å²) >= 11 is 0. The Kier molecular flexibility index (Phi) is 4.67. The lowest BCUT2D eigenvalue weighted by Gasteiger charge is -2.38. The molecule has 1 heterocycles. The fraction of sp³-hybridized carbons (Fsp3) is 1.00. The summed E-state index contributed by atoms with van der Waals surface area (Å²) in [5.74, 6) is 0.755. The van der Waals surface area contributed by atoms with Crippen molar-refractivity contribution in [1.29, 1.82) is 0 Å². The van der Waals surface area contributed by atoms with Gasteiger partial charge < -0.3 is 5.32 Å². The molecule has 5 heteroatoms. The van der Waals surface area contributed by atoms with E-state index in [1.54, 1.807) is 4.31 Å². The van der Waals surface area contributed by atoms with Crippen molar-refractivity contribution < 1.29 is 8.42 Å². The molecule has 1 saturated carbocycles. The Balaban J connectivity index is 2.00. The molecule has 18 heavy (non-hydrogen) atoms. The lowest BCUT2D eigenvalue weighted by Crippen LogP contribution is -2.57. The van der Waals surface area contributed by atoms with Crippen LogP contribution in [0.5, 0.6) is 0 Å². The van der Waals surface area contributed by atoms with Crippen molar-refractivity contribution in [2.24, 2.45) is 5.92 Å². The maximum Gasteiger partial charge on any atom is 0.214 e. The molecule has 106 valence electrons. The molecule has 1 N–H and O–H groups in total. The first-order valence-electron chi connectivity index (χ1n) is 7.23. The van der Waals surface area contributed by atoms with E-state index in [0.717, 1.165) is 19.4 Å². The molecule has 2 fully saturated rings. The van der Waals surface area contributed by atoms with Gasteiger partial charge in [0.05, 0.1) is 5.75 Å². The third-order valence-corrected chi connectivity index (χ3v) is 6.63. The van der Waals surface area contributed by atoms with Crippen LogP contribution >= 0.6 is 0 Å². The Morgan fingerprint density at radius 3 is 2.50 bits per heavy atom. The predicted octanol–water partition coefficient (Wildman–Crippen LogP) is 1.58. The van der Waals surface area contributed by atoms with Gasteiger partial charge in [0, 0.05) is 25.2 Å². The molecule has 1 aliphatic heterocycles. The second kappa shape index (κ2) is 5.88. The summed E-state index contributed by atoms with van der Waals surface area (Å²) in [6.45, 7) is 5.47. The fourth-order valence-corrected chi connectivity index (χ4v) is 5.35. The van der Waals surface area contributed by atoms with Crippen LogP contribution in [0, 0.1) is 5.92 Å². The number of nitrogens with zero attached hydrogens (tertiary/aromatic N) is 1. The van der Waals surface area contributed by atoms with Crippen molar-refractivity contribution in [2.45, 2.75) is 58.0 Å². The average molecular weight is 274 g/mol. The summed E-state index contributed by atoms with van der Waals surface area (Å²) in [4.78, 5) is 0. The molecule has 2 aliphatic rings. The number of hydrogen-bond donors (Lipinski definition) is 1. The van der Waals surface area contributed by atoms with E-state index < -0.39 is 10.0 Å². The van der Waals surface area contributed by atoms with E-state index in [2.05, 4.69) is 12.2 Å². The van der Waals surface area contributed by atoms with E-state index >= 15 is 0 Å². The third-order valence-electron chi connectivity index (χ3n) is 4.50. The lowest BCUT2D eigenvalue weighted by atomic mass is 9.91. The van der Waals surface area contributed by atoms with Crippen LogP contribution in [0.4, 0.5) is 0 Å². The maximum absolute atomic E-state index is 12.5. The Morgan fingerprint density at radius 1 is 1.17 bits per heavy atom. The Labute approximate surface area is 111 Å². The quantitative estimate of drug-likeness (QED) is 0.850. The lowest BCUT2D eigenvalue weighted by molar-refractivity contribution is 0.230. The summed E-state index contributed by atoms with van der Waals surface area (Å²) < 4.78 is 26.7. The standard InChI is InChI=1S/C13H26N2O2S/c1-11-12(2)15(9-8-14-11)18(16,17)10-13-6-4-3-5-7-13/h11-14H,3-10H2,1-2H3. The molecule has 1 saturated heterocycles. The maximum atomic E-state index is 12.5. The normalized spacial score (nSPS) is 32.6. The van der Waals surface area contributed by atoms with E-state index in [1.165, 1.54) is 19.3 Å². The zero-order valence-corrected chi connectivity index (χ0v) is 12.4. The van der Waals surface area contributed by atoms with Crippen LogP contribution in [-0.2, 0) is 10.0 Å². The van der Waals surface area contributed by atoms with Gasteiger partial charge in [-0.2, -0.15) is 4.31 Å². The highest BCUT2D eigenvalue weighted by molar-refractivity contribution is 7.89. The minimum atomic E-state index is -3.07. The molecule has 0 aromatic carbocycles. The van der Waals surface area contributed by atoms with E-state index in [1.807, 2.05) is 6.92 Å². The first kappa shape index (κ1) is 14.3. The molecule has 0 bridgehead atoms. The summed E-state index contributed by atoms with van der Waals surface area (Å²) in [7, 11) is -3.07.